The Balaban J connectivity index is 0.911. The number of ether oxygens (including phenoxy) is 11. The van der Waals surface area contributed by atoms with Crippen LogP contribution in [0.4, 0.5) is 5.69 Å². The van der Waals surface area contributed by atoms with Gasteiger partial charge in [-0.05, 0) is 57.9 Å². The van der Waals surface area contributed by atoms with E-state index in [4.69, 9.17) is 64.3 Å². The normalized spacial score (nSPS) is 28.9. The van der Waals surface area contributed by atoms with Crippen molar-refractivity contribution in [2.24, 2.45) is 5.41 Å². The Morgan fingerprint density at radius 1 is 0.685 bits per heavy atom. The molecule has 0 spiro atoms. The number of aryl methyl sites for hydroxylation is 1. The van der Waals surface area contributed by atoms with Gasteiger partial charge in [0.1, 0.15) is 88.4 Å². The second-order valence-corrected chi connectivity index (χ2v) is 32.4. The molecule has 3 aromatic rings. The number of unbranched alkanes of at least 4 members (excludes halogenated alkanes) is 9. The molecule has 0 aliphatic carbocycles. The average molecular weight is 1620 g/mol. The second-order valence-electron chi connectivity index (χ2n) is 28.9. The standard InChI is InChI=1S/C74H110N8O26S3/c1-10-11-12-13-14-15-16-17-18-23-33-110-73(109)111-48(65(95)76-39(2)3)34-74(6,7)72(97)100-32-24-31-82-53-44-27-21-22-28-45(44)81(35-42-25-19-20-26-43(42)50(53)79-80-82)49(88)29-30-75-66(96)64-62(98-8)56(91)58(93)69(107-64)104-61-52(78-41(5)87)68(103-47(37-84)55(61)90)106-63-57(92)59(94)70(108-71(63)101-38-85)105-60-51(77-40(4)86)67(99-9)102-46(36-83)54(60)89/h19-22,25-28,38-39,46-48,51-52,54-64,67-71,83-84,89-94H,10-18,23-24,29-37H2,1-9H3,(H,75,96)(H,76,95)(H,77,86)(H,78,87)/t46?,47?,48?,51-,52?,54+,55+,56+,57+,58?,59-,60+,61+,62-,63-,64?,67?,68-,69+,70?,71?/m0/s1. The summed E-state index contributed by atoms with van der Waals surface area (Å²) in [6, 6.07) is 11.3. The fourth-order valence-electron chi connectivity index (χ4n) is 14.0. The number of rotatable bonds is 39. The van der Waals surface area contributed by atoms with Crippen molar-refractivity contribution in [3.63, 3.8) is 0 Å². The van der Waals surface area contributed by atoms with Crippen molar-refractivity contribution in [1.82, 2.24) is 36.3 Å². The van der Waals surface area contributed by atoms with Crippen LogP contribution in [0.15, 0.2) is 48.5 Å². The van der Waals surface area contributed by atoms with Gasteiger partial charge in [0, 0.05) is 71.2 Å². The molecule has 34 nitrogen and oxygen atoms in total. The highest BCUT2D eigenvalue weighted by atomic mass is 32.2. The number of fused-ring (bicyclic) bond motifs is 5. The number of anilines is 1. The smallest absolute Gasteiger partial charge is 0.311 e. The molecule has 1 aromatic heterocycles. The number of aromatic nitrogens is 3. The second kappa shape index (κ2) is 43.6. The van der Waals surface area contributed by atoms with Crippen LogP contribution in [0.2, 0.25) is 0 Å². The van der Waals surface area contributed by atoms with E-state index in [1.54, 1.807) is 53.4 Å². The number of amides is 5. The van der Waals surface area contributed by atoms with Crippen molar-refractivity contribution in [3.8, 4) is 22.5 Å². The van der Waals surface area contributed by atoms with Gasteiger partial charge < -0.3 is 119 Å². The molecular weight excluding hydrogens is 1510 g/mol. The summed E-state index contributed by atoms with van der Waals surface area (Å²) in [5, 5.41) is 109. The fraction of sp³-hybridized carbons (Fsp3) is 0.703. The summed E-state index contributed by atoms with van der Waals surface area (Å²) in [5.74, 6) is -2.76. The van der Waals surface area contributed by atoms with Crippen molar-refractivity contribution in [2.45, 2.75) is 279 Å². The number of nitrogens with zero attached hydrogens (tertiary/aromatic N) is 4. The number of hydrogen-bond donors (Lipinski definition) is 12. The predicted octanol–water partition coefficient (Wildman–Crippen LogP) is 1.89. The summed E-state index contributed by atoms with van der Waals surface area (Å²) in [4.78, 5) is 95.7. The SMILES string of the molecule is CCCCCCCCCCCCSC(=S)SC(CC(C)(C)C(=O)OCCCn1nnc2c1-c1ccccc1N(C(=O)CCNC(=O)C1O[C@@H](O[C@@H]3C(NC(C)=O)[C@H](O[C@@H]4C(OC=O)OC(O[C@H]5[C@H](O)C(CO)OC(OC)[C@H]5NC(C)=O)[C@@H](O)[C@H]4O)OC(CO)[C@H]3O)C(O)[C@@H](O)[C@@H]1OC)Cc1ccccc1-2)C(=O)NC(C)C. The molecule has 5 aliphatic heterocycles. The van der Waals surface area contributed by atoms with Gasteiger partial charge in [-0.15, -0.1) is 16.9 Å². The number of para-hydroxylation sites is 1. The minimum atomic E-state index is -2.21. The van der Waals surface area contributed by atoms with Crippen LogP contribution in [0.1, 0.15) is 138 Å². The zero-order valence-electron chi connectivity index (χ0n) is 64.0. The van der Waals surface area contributed by atoms with Gasteiger partial charge in [0.15, 0.2) is 37.4 Å². The number of esters is 1. The van der Waals surface area contributed by atoms with Gasteiger partial charge in [-0.3, -0.25) is 33.6 Å². The van der Waals surface area contributed by atoms with Gasteiger partial charge in [0.2, 0.25) is 29.9 Å². The molecule has 0 radical (unpaired) electrons. The number of carbonyl (C=O) groups is 7. The van der Waals surface area contributed by atoms with Crippen molar-refractivity contribution < 1.29 is 127 Å². The third-order valence-corrected chi connectivity index (χ3v) is 22.6. The number of nitrogens with one attached hydrogen (secondary N) is 4. The molecule has 111 heavy (non-hydrogen) atoms. The quantitative estimate of drug-likeness (QED) is 0.0168. The van der Waals surface area contributed by atoms with Gasteiger partial charge in [-0.25, -0.2) is 4.68 Å². The molecule has 6 heterocycles. The Bertz CT molecular complexity index is 3530. The number of thiocarbonyl (C=S) groups is 1. The molecule has 0 saturated carbocycles. The summed E-state index contributed by atoms with van der Waals surface area (Å²) in [5.41, 5.74) is 2.49. The number of methoxy groups -OCH3 is 2. The molecule has 12 N–H and O–H groups in total. The molecule has 4 saturated heterocycles. The first-order valence-corrected chi connectivity index (χ1v) is 40.0. The maximum Gasteiger partial charge on any atom is 0.311 e. The summed E-state index contributed by atoms with van der Waals surface area (Å²) in [6.45, 7) is 9.71. The zero-order chi connectivity index (χ0) is 80.8. The predicted molar refractivity (Wildman–Crippen MR) is 405 cm³/mol. The van der Waals surface area contributed by atoms with Gasteiger partial charge in [-0.2, -0.15) is 0 Å². The molecule has 5 aliphatic rings. The minimum Gasteiger partial charge on any atom is -0.465 e. The third-order valence-electron chi connectivity index (χ3n) is 19.7. The van der Waals surface area contributed by atoms with E-state index in [0.29, 0.717) is 43.7 Å². The molecule has 8 rings (SSSR count). The van der Waals surface area contributed by atoms with E-state index >= 15 is 0 Å². The van der Waals surface area contributed by atoms with Gasteiger partial charge in [0.25, 0.3) is 12.4 Å². The molecule has 0 bridgehead atoms. The summed E-state index contributed by atoms with van der Waals surface area (Å²) in [6.07, 6.45) is -21.3. The highest BCUT2D eigenvalue weighted by Gasteiger charge is 2.58. The first-order valence-electron chi connectivity index (χ1n) is 37.7. The lowest BCUT2D eigenvalue weighted by Crippen LogP contribution is -2.70. The Labute approximate surface area is 659 Å². The molecule has 620 valence electrons. The van der Waals surface area contributed by atoms with Gasteiger partial charge in [-0.1, -0.05) is 136 Å². The molecule has 37 heteroatoms. The average Bonchev–Trinajstić information content (AvgIpc) is 1.71. The van der Waals surface area contributed by atoms with Crippen LogP contribution in [0.25, 0.3) is 22.5 Å². The van der Waals surface area contributed by atoms with E-state index in [9.17, 15) is 74.4 Å². The summed E-state index contributed by atoms with van der Waals surface area (Å²) >= 11 is 8.67. The molecule has 4 fully saturated rings. The Kier molecular flexibility index (Phi) is 35.6. The van der Waals surface area contributed by atoms with Crippen LogP contribution >= 0.6 is 35.7 Å². The van der Waals surface area contributed by atoms with Crippen molar-refractivity contribution >= 4 is 86.9 Å². The highest BCUT2D eigenvalue weighted by Crippen LogP contribution is 2.43. The van der Waals surface area contributed by atoms with E-state index in [1.165, 1.54) is 70.2 Å². The number of carbonyl (C=O) groups excluding carboxylic acids is 7. The third kappa shape index (κ3) is 23.8. The van der Waals surface area contributed by atoms with Crippen molar-refractivity contribution in [1.29, 1.82) is 0 Å². The number of aliphatic hydroxyl groups is 8. The van der Waals surface area contributed by atoms with Crippen LogP contribution in [0.3, 0.4) is 0 Å². The lowest BCUT2D eigenvalue weighted by Gasteiger charge is -2.50. The molecule has 2 aromatic carbocycles. The zero-order valence-corrected chi connectivity index (χ0v) is 66.4. The Hall–Kier alpha value is -6.02. The van der Waals surface area contributed by atoms with Crippen LogP contribution in [0, 0.1) is 5.41 Å². The van der Waals surface area contributed by atoms with Gasteiger partial charge in [0.05, 0.1) is 48.4 Å². The highest BCUT2D eigenvalue weighted by molar-refractivity contribution is 8.47. The molecular formula is C74H110N8O26S3. The maximum absolute atomic E-state index is 14.8. The van der Waals surface area contributed by atoms with E-state index in [0.717, 1.165) is 39.6 Å². The fourth-order valence-corrected chi connectivity index (χ4v) is 16.9. The van der Waals surface area contributed by atoms with Crippen molar-refractivity contribution in [2.75, 3.05) is 51.2 Å². The first-order chi connectivity index (χ1) is 53.1. The molecule has 5 amide bonds. The monoisotopic (exact) mass is 1620 g/mol. The largest absolute Gasteiger partial charge is 0.465 e. The lowest BCUT2D eigenvalue weighted by molar-refractivity contribution is -0.393. The summed E-state index contributed by atoms with van der Waals surface area (Å²) in [7, 11) is 2.32. The van der Waals surface area contributed by atoms with E-state index in [2.05, 4.69) is 38.5 Å². The van der Waals surface area contributed by atoms with Crippen LogP contribution in [0.5, 0.6) is 0 Å². The number of aliphatic hydroxyl groups excluding tert-OH is 8. The Morgan fingerprint density at radius 2 is 1.25 bits per heavy atom. The molecule has 9 unspecified atom stereocenters. The number of benzene rings is 2. The van der Waals surface area contributed by atoms with Crippen LogP contribution in [-0.4, -0.2) is 282 Å². The maximum atomic E-state index is 14.8. The molecule has 21 atom stereocenters. The Morgan fingerprint density at radius 3 is 1.85 bits per heavy atom. The number of hydrogen-bond acceptors (Lipinski definition) is 31. The van der Waals surface area contributed by atoms with Crippen LogP contribution < -0.4 is 26.2 Å². The van der Waals surface area contributed by atoms with E-state index in [1.807, 2.05) is 44.2 Å². The number of thioether (sulfide) groups is 2. The first kappa shape index (κ1) is 90.5. The summed E-state index contributed by atoms with van der Waals surface area (Å²) < 4.78 is 65.7. The lowest BCUT2D eigenvalue weighted by atomic mass is 9.87. The minimum absolute atomic E-state index is 0.000447. The van der Waals surface area contributed by atoms with E-state index < -0.39 is 176 Å². The van der Waals surface area contributed by atoms with Crippen LogP contribution in [-0.2, 0) is 98.8 Å². The van der Waals surface area contributed by atoms with E-state index in [-0.39, 0.29) is 57.5 Å². The van der Waals surface area contributed by atoms with Crippen molar-refractivity contribution in [3.05, 3.63) is 54.1 Å². The van der Waals surface area contributed by atoms with Gasteiger partial charge >= 0.3 is 5.97 Å². The topological polar surface area (TPSA) is 465 Å².